The number of pyridine rings is 1. The number of ketones is 1. The Labute approximate surface area is 122 Å². The van der Waals surface area contributed by atoms with E-state index in [1.54, 1.807) is 12.4 Å². The van der Waals surface area contributed by atoms with Crippen LogP contribution >= 0.6 is 0 Å². The second-order valence-corrected chi connectivity index (χ2v) is 5.28. The first kappa shape index (κ1) is 12.1. The molecule has 1 aliphatic heterocycles. The van der Waals surface area contributed by atoms with Gasteiger partial charge in [-0.25, -0.2) is 0 Å². The molecule has 0 saturated heterocycles. The molecule has 1 aromatic heterocycles. The van der Waals surface area contributed by atoms with Gasteiger partial charge in [-0.3, -0.25) is 9.78 Å². The zero-order valence-electron chi connectivity index (χ0n) is 11.5. The van der Waals surface area contributed by atoms with Crippen molar-refractivity contribution in [3.8, 4) is 0 Å². The summed E-state index contributed by atoms with van der Waals surface area (Å²) in [6.07, 6.45) is 4.50. The summed E-state index contributed by atoms with van der Waals surface area (Å²) < 4.78 is 0. The van der Waals surface area contributed by atoms with Gasteiger partial charge >= 0.3 is 0 Å². The summed E-state index contributed by atoms with van der Waals surface area (Å²) in [6, 6.07) is 13.6. The molecule has 0 fully saturated rings. The summed E-state index contributed by atoms with van der Waals surface area (Å²) in [7, 11) is 0. The molecule has 1 aliphatic rings. The quantitative estimate of drug-likeness (QED) is 0.728. The Morgan fingerprint density at radius 2 is 2.10 bits per heavy atom. The van der Waals surface area contributed by atoms with Crippen molar-refractivity contribution in [2.45, 2.75) is 6.42 Å². The summed E-state index contributed by atoms with van der Waals surface area (Å²) in [5.41, 5.74) is 3.86. The largest absolute Gasteiger partial charge is 0.384 e. The van der Waals surface area contributed by atoms with Crippen LogP contribution in [0.15, 0.2) is 54.9 Å². The Bertz CT molecular complexity index is 849. The van der Waals surface area contributed by atoms with Gasteiger partial charge < -0.3 is 5.32 Å². The van der Waals surface area contributed by atoms with Crippen LogP contribution < -0.4 is 5.32 Å². The predicted octanol–water partition coefficient (Wildman–Crippen LogP) is 3.43. The zero-order valence-corrected chi connectivity index (χ0v) is 11.5. The van der Waals surface area contributed by atoms with Crippen molar-refractivity contribution in [1.29, 1.82) is 0 Å². The molecule has 102 valence electrons. The van der Waals surface area contributed by atoms with Crippen LogP contribution in [0.1, 0.15) is 21.5 Å². The number of aromatic nitrogens is 1. The van der Waals surface area contributed by atoms with E-state index in [0.29, 0.717) is 0 Å². The highest BCUT2D eigenvalue weighted by molar-refractivity contribution is 6.16. The van der Waals surface area contributed by atoms with Gasteiger partial charge in [0.05, 0.1) is 0 Å². The molecule has 0 bridgehead atoms. The van der Waals surface area contributed by atoms with Crippen LogP contribution in [0.5, 0.6) is 0 Å². The standard InChI is InChI=1S/C18H14N2O/c21-18(13-4-5-17-12(10-13)6-9-20-17)16-3-1-2-14-11-19-8-7-15(14)16/h1-5,7-8,10-11,20H,6,9H2. The fraction of sp³-hybridized carbons (Fsp3) is 0.111. The van der Waals surface area contributed by atoms with Crippen molar-refractivity contribution in [3.63, 3.8) is 0 Å². The van der Waals surface area contributed by atoms with Crippen LogP contribution in [0, 0.1) is 0 Å². The van der Waals surface area contributed by atoms with E-state index in [1.807, 2.05) is 42.5 Å². The monoisotopic (exact) mass is 274 g/mol. The molecule has 0 unspecified atom stereocenters. The highest BCUT2D eigenvalue weighted by atomic mass is 16.1. The number of hydrogen-bond acceptors (Lipinski definition) is 3. The third kappa shape index (κ3) is 1.98. The average Bonchev–Trinajstić information content (AvgIpc) is 3.01. The molecule has 2 aromatic carbocycles. The van der Waals surface area contributed by atoms with Gasteiger partial charge in [0.25, 0.3) is 0 Å². The smallest absolute Gasteiger partial charge is 0.193 e. The Morgan fingerprint density at radius 3 is 3.05 bits per heavy atom. The lowest BCUT2D eigenvalue weighted by Crippen LogP contribution is -2.03. The molecule has 0 atom stereocenters. The minimum absolute atomic E-state index is 0.0708. The first-order valence-corrected chi connectivity index (χ1v) is 7.07. The van der Waals surface area contributed by atoms with Gasteiger partial charge in [-0.1, -0.05) is 18.2 Å². The molecule has 0 saturated carbocycles. The first-order valence-electron chi connectivity index (χ1n) is 7.07. The number of nitrogens with one attached hydrogen (secondary N) is 1. The van der Waals surface area contributed by atoms with Gasteiger partial charge in [0, 0.05) is 41.1 Å². The Balaban J connectivity index is 1.83. The van der Waals surface area contributed by atoms with Crippen LogP contribution in [0.2, 0.25) is 0 Å². The van der Waals surface area contributed by atoms with E-state index in [4.69, 9.17) is 0 Å². The molecule has 0 radical (unpaired) electrons. The van der Waals surface area contributed by atoms with Crippen LogP contribution in [0.25, 0.3) is 10.8 Å². The molecule has 0 spiro atoms. The van der Waals surface area contributed by atoms with E-state index in [-0.39, 0.29) is 5.78 Å². The minimum atomic E-state index is 0.0708. The first-order chi connectivity index (χ1) is 10.3. The fourth-order valence-electron chi connectivity index (χ4n) is 2.92. The molecule has 4 rings (SSSR count). The highest BCUT2D eigenvalue weighted by Gasteiger charge is 2.16. The SMILES string of the molecule is O=C(c1ccc2c(c1)CCN2)c1cccc2cnccc12. The van der Waals surface area contributed by atoms with Gasteiger partial charge in [-0.05, 0) is 41.6 Å². The third-order valence-corrected chi connectivity index (χ3v) is 4.00. The van der Waals surface area contributed by atoms with Gasteiger partial charge in [0.2, 0.25) is 0 Å². The average molecular weight is 274 g/mol. The Kier molecular flexibility index (Phi) is 2.71. The minimum Gasteiger partial charge on any atom is -0.384 e. The van der Waals surface area contributed by atoms with E-state index < -0.39 is 0 Å². The number of hydrogen-bond donors (Lipinski definition) is 1. The fourth-order valence-corrected chi connectivity index (χ4v) is 2.92. The maximum absolute atomic E-state index is 12.8. The molecule has 3 aromatic rings. The molecule has 3 nitrogen and oxygen atoms in total. The maximum Gasteiger partial charge on any atom is 0.193 e. The number of fused-ring (bicyclic) bond motifs is 2. The van der Waals surface area contributed by atoms with Gasteiger partial charge in [-0.2, -0.15) is 0 Å². The van der Waals surface area contributed by atoms with Crippen molar-refractivity contribution in [1.82, 2.24) is 4.98 Å². The molecule has 2 heterocycles. The van der Waals surface area contributed by atoms with Gasteiger partial charge in [0.1, 0.15) is 0 Å². The zero-order chi connectivity index (χ0) is 14.2. The van der Waals surface area contributed by atoms with E-state index in [2.05, 4.69) is 10.3 Å². The van der Waals surface area contributed by atoms with E-state index in [9.17, 15) is 4.79 Å². The highest BCUT2D eigenvalue weighted by Crippen LogP contribution is 2.26. The number of nitrogens with zero attached hydrogens (tertiary/aromatic N) is 1. The Morgan fingerprint density at radius 1 is 1.14 bits per heavy atom. The molecule has 0 amide bonds. The summed E-state index contributed by atoms with van der Waals surface area (Å²) >= 11 is 0. The van der Waals surface area contributed by atoms with Crippen LogP contribution in [-0.2, 0) is 6.42 Å². The second-order valence-electron chi connectivity index (χ2n) is 5.28. The van der Waals surface area contributed by atoms with Crippen LogP contribution in [0.4, 0.5) is 5.69 Å². The number of rotatable bonds is 2. The van der Waals surface area contributed by atoms with Crippen molar-refractivity contribution in [2.24, 2.45) is 0 Å². The van der Waals surface area contributed by atoms with Crippen molar-refractivity contribution in [2.75, 3.05) is 11.9 Å². The Hall–Kier alpha value is -2.68. The normalized spacial score (nSPS) is 13.0. The summed E-state index contributed by atoms with van der Waals surface area (Å²) in [6.45, 7) is 0.951. The van der Waals surface area contributed by atoms with Crippen molar-refractivity contribution < 1.29 is 4.79 Å². The van der Waals surface area contributed by atoms with E-state index >= 15 is 0 Å². The number of carbonyl (C=O) groups excluding carboxylic acids is 1. The number of benzene rings is 2. The lowest BCUT2D eigenvalue weighted by Gasteiger charge is -2.07. The molecule has 3 heteroatoms. The third-order valence-electron chi connectivity index (χ3n) is 4.00. The lowest BCUT2D eigenvalue weighted by molar-refractivity contribution is 0.104. The second kappa shape index (κ2) is 4.70. The molecular formula is C18H14N2O. The lowest BCUT2D eigenvalue weighted by atomic mass is 9.96. The molecule has 1 N–H and O–H groups in total. The topological polar surface area (TPSA) is 42.0 Å². The predicted molar refractivity (Wildman–Crippen MR) is 83.8 cm³/mol. The summed E-state index contributed by atoms with van der Waals surface area (Å²) in [5.74, 6) is 0.0708. The van der Waals surface area contributed by atoms with Crippen molar-refractivity contribution in [3.05, 3.63) is 71.5 Å². The van der Waals surface area contributed by atoms with Crippen molar-refractivity contribution >= 4 is 22.2 Å². The van der Waals surface area contributed by atoms with Gasteiger partial charge in [-0.15, -0.1) is 0 Å². The summed E-state index contributed by atoms with van der Waals surface area (Å²) in [5, 5.41) is 5.26. The molecule has 21 heavy (non-hydrogen) atoms. The maximum atomic E-state index is 12.8. The molecule has 0 aliphatic carbocycles. The van der Waals surface area contributed by atoms with Crippen LogP contribution in [-0.4, -0.2) is 17.3 Å². The van der Waals surface area contributed by atoms with Gasteiger partial charge in [0.15, 0.2) is 5.78 Å². The number of carbonyl (C=O) groups is 1. The van der Waals surface area contributed by atoms with E-state index in [1.165, 1.54) is 5.56 Å². The van der Waals surface area contributed by atoms with E-state index in [0.717, 1.165) is 40.6 Å². The number of anilines is 1. The van der Waals surface area contributed by atoms with Crippen LogP contribution in [0.3, 0.4) is 0 Å². The summed E-state index contributed by atoms with van der Waals surface area (Å²) in [4.78, 5) is 16.9. The molecular weight excluding hydrogens is 260 g/mol.